The lowest BCUT2D eigenvalue weighted by Crippen LogP contribution is -2.34. The zero-order chi connectivity index (χ0) is 7.97. The van der Waals surface area contributed by atoms with Crippen molar-refractivity contribution in [1.29, 1.82) is 0 Å². The second-order valence-corrected chi connectivity index (χ2v) is 4.99. The minimum Gasteiger partial charge on any atom is -0.300 e. The molecule has 1 saturated carbocycles. The van der Waals surface area contributed by atoms with Crippen LogP contribution in [0.4, 0.5) is 0 Å². The van der Waals surface area contributed by atoms with Crippen LogP contribution in [0.3, 0.4) is 0 Å². The van der Waals surface area contributed by atoms with Gasteiger partial charge >= 0.3 is 0 Å². The summed E-state index contributed by atoms with van der Waals surface area (Å²) in [5.41, 5.74) is 0. The Balaban J connectivity index is 1.82. The molecule has 2 heterocycles. The molecule has 0 spiro atoms. The van der Waals surface area contributed by atoms with E-state index in [0.717, 1.165) is 17.9 Å². The molecule has 3 aliphatic rings. The first-order chi connectivity index (χ1) is 5.93. The van der Waals surface area contributed by atoms with Crippen molar-refractivity contribution in [2.75, 3.05) is 13.1 Å². The van der Waals surface area contributed by atoms with Gasteiger partial charge in [-0.05, 0) is 50.5 Å². The van der Waals surface area contributed by atoms with E-state index in [9.17, 15) is 0 Å². The Bertz CT molecular complexity index is 178. The van der Waals surface area contributed by atoms with Crippen LogP contribution in [0.1, 0.15) is 38.5 Å². The summed E-state index contributed by atoms with van der Waals surface area (Å²) in [7, 11) is 0. The highest BCUT2D eigenvalue weighted by Crippen LogP contribution is 2.40. The molecule has 0 aromatic rings. The van der Waals surface area contributed by atoms with E-state index < -0.39 is 0 Å². The highest BCUT2D eigenvalue weighted by atomic mass is 15.2. The van der Waals surface area contributed by atoms with Crippen LogP contribution in [0.5, 0.6) is 0 Å². The summed E-state index contributed by atoms with van der Waals surface area (Å²) in [6.07, 6.45) is 9.15. The molecule has 2 bridgehead atoms. The lowest BCUT2D eigenvalue weighted by atomic mass is 9.93. The van der Waals surface area contributed by atoms with E-state index in [1.165, 1.54) is 45.2 Å². The van der Waals surface area contributed by atoms with Gasteiger partial charge in [0.25, 0.3) is 0 Å². The largest absolute Gasteiger partial charge is 0.300 e. The van der Waals surface area contributed by atoms with E-state index >= 15 is 0 Å². The van der Waals surface area contributed by atoms with Crippen LogP contribution < -0.4 is 0 Å². The molecule has 0 amide bonds. The first-order valence-corrected chi connectivity index (χ1v) is 5.67. The van der Waals surface area contributed by atoms with Crippen molar-refractivity contribution >= 4 is 0 Å². The molecule has 0 radical (unpaired) electrons. The van der Waals surface area contributed by atoms with Gasteiger partial charge < -0.3 is 0 Å². The van der Waals surface area contributed by atoms with Gasteiger partial charge in [-0.3, -0.25) is 4.90 Å². The van der Waals surface area contributed by atoms with E-state index in [-0.39, 0.29) is 0 Å². The molecule has 3 rings (SSSR count). The summed E-state index contributed by atoms with van der Waals surface area (Å²) >= 11 is 0. The van der Waals surface area contributed by atoms with E-state index in [4.69, 9.17) is 0 Å². The molecule has 0 aromatic carbocycles. The molecule has 68 valence electrons. The molecule has 2 saturated heterocycles. The van der Waals surface area contributed by atoms with Crippen LogP contribution in [-0.2, 0) is 0 Å². The Labute approximate surface area is 75.1 Å². The lowest BCUT2D eigenvalue weighted by Gasteiger charge is -2.27. The molecule has 0 aromatic heterocycles. The molecule has 4 atom stereocenters. The van der Waals surface area contributed by atoms with Gasteiger partial charge in [0, 0.05) is 12.6 Å². The summed E-state index contributed by atoms with van der Waals surface area (Å²) < 4.78 is 0. The highest BCUT2D eigenvalue weighted by Gasteiger charge is 2.38. The van der Waals surface area contributed by atoms with Crippen LogP contribution >= 0.6 is 0 Å². The molecule has 1 nitrogen and oxygen atoms in total. The average Bonchev–Trinajstić information content (AvgIpc) is 2.61. The number of fused-ring (bicyclic) bond motifs is 4. The fourth-order valence-corrected chi connectivity index (χ4v) is 3.68. The summed E-state index contributed by atoms with van der Waals surface area (Å²) in [6, 6.07) is 1.01. The molecular formula is C11H19N. The second-order valence-electron chi connectivity index (χ2n) is 4.99. The van der Waals surface area contributed by atoms with Crippen molar-refractivity contribution in [1.82, 2.24) is 4.90 Å². The number of rotatable bonds is 0. The predicted octanol–water partition coefficient (Wildman–Crippen LogP) is 2.27. The maximum Gasteiger partial charge on any atom is 0.0124 e. The first kappa shape index (κ1) is 7.37. The molecule has 0 N–H and O–H groups in total. The topological polar surface area (TPSA) is 3.24 Å². The van der Waals surface area contributed by atoms with Crippen LogP contribution in [0, 0.1) is 11.8 Å². The Morgan fingerprint density at radius 1 is 0.917 bits per heavy atom. The van der Waals surface area contributed by atoms with E-state index in [2.05, 4.69) is 4.90 Å². The minimum absolute atomic E-state index is 1.01. The van der Waals surface area contributed by atoms with Gasteiger partial charge in [0.2, 0.25) is 0 Å². The van der Waals surface area contributed by atoms with Crippen molar-refractivity contribution in [2.24, 2.45) is 11.8 Å². The molecule has 1 aliphatic carbocycles. The predicted molar refractivity (Wildman–Crippen MR) is 50.0 cm³/mol. The van der Waals surface area contributed by atoms with E-state index in [0.29, 0.717) is 0 Å². The molecule has 3 fully saturated rings. The van der Waals surface area contributed by atoms with Crippen molar-refractivity contribution in [2.45, 2.75) is 44.6 Å². The molecule has 2 aliphatic heterocycles. The molecule has 12 heavy (non-hydrogen) atoms. The maximum absolute atomic E-state index is 2.80. The maximum atomic E-state index is 2.80. The van der Waals surface area contributed by atoms with Gasteiger partial charge in [-0.1, -0.05) is 6.42 Å². The first-order valence-electron chi connectivity index (χ1n) is 5.67. The summed E-state index contributed by atoms with van der Waals surface area (Å²) in [5.74, 6) is 2.17. The molecule has 1 heteroatoms. The van der Waals surface area contributed by atoms with Crippen LogP contribution in [0.15, 0.2) is 0 Å². The third-order valence-corrected chi connectivity index (χ3v) is 4.35. The number of hydrogen-bond donors (Lipinski definition) is 0. The normalized spacial score (nSPS) is 52.0. The fourth-order valence-electron chi connectivity index (χ4n) is 3.68. The summed E-state index contributed by atoms with van der Waals surface area (Å²) in [5, 5.41) is 0. The monoisotopic (exact) mass is 165 g/mol. The zero-order valence-electron chi connectivity index (χ0n) is 7.84. The van der Waals surface area contributed by atoms with Crippen molar-refractivity contribution < 1.29 is 0 Å². The smallest absolute Gasteiger partial charge is 0.0124 e. The minimum atomic E-state index is 1.01. The lowest BCUT2D eigenvalue weighted by molar-refractivity contribution is 0.202. The van der Waals surface area contributed by atoms with Gasteiger partial charge in [-0.15, -0.1) is 0 Å². The van der Waals surface area contributed by atoms with Gasteiger partial charge in [0.1, 0.15) is 0 Å². The van der Waals surface area contributed by atoms with Gasteiger partial charge in [-0.25, -0.2) is 0 Å². The van der Waals surface area contributed by atoms with Gasteiger partial charge in [0.05, 0.1) is 0 Å². The van der Waals surface area contributed by atoms with Crippen LogP contribution in [0.2, 0.25) is 0 Å². The second kappa shape index (κ2) is 2.73. The summed E-state index contributed by atoms with van der Waals surface area (Å²) in [6.45, 7) is 2.87. The summed E-state index contributed by atoms with van der Waals surface area (Å²) in [4.78, 5) is 2.80. The Morgan fingerprint density at radius 2 is 1.92 bits per heavy atom. The molecule has 4 unspecified atom stereocenters. The Hall–Kier alpha value is -0.0400. The molecular weight excluding hydrogens is 146 g/mol. The standard InChI is InChI=1S/C11H19N/c1-2-10-5-4-9-6-7-12(8-9)11(10)3-1/h9-11H,1-8H2. The van der Waals surface area contributed by atoms with Gasteiger partial charge in [0.15, 0.2) is 0 Å². The Kier molecular flexibility index (Phi) is 1.68. The van der Waals surface area contributed by atoms with Crippen molar-refractivity contribution in [3.8, 4) is 0 Å². The quantitative estimate of drug-likeness (QED) is 0.532. The van der Waals surface area contributed by atoms with Crippen molar-refractivity contribution in [3.05, 3.63) is 0 Å². The van der Waals surface area contributed by atoms with Crippen molar-refractivity contribution in [3.63, 3.8) is 0 Å². The SMILES string of the molecule is C1CC2CCC3CCN(C3)C2C1. The highest BCUT2D eigenvalue weighted by molar-refractivity contribution is 4.93. The fraction of sp³-hybridized carbons (Fsp3) is 1.00. The van der Waals surface area contributed by atoms with Crippen LogP contribution in [0.25, 0.3) is 0 Å². The number of nitrogens with zero attached hydrogens (tertiary/aromatic N) is 1. The number of hydrogen-bond acceptors (Lipinski definition) is 1. The third kappa shape index (κ3) is 1.02. The Morgan fingerprint density at radius 3 is 2.92 bits per heavy atom. The van der Waals surface area contributed by atoms with E-state index in [1.54, 1.807) is 6.42 Å². The zero-order valence-corrected chi connectivity index (χ0v) is 7.84. The van der Waals surface area contributed by atoms with Crippen LogP contribution in [-0.4, -0.2) is 24.0 Å². The third-order valence-electron chi connectivity index (χ3n) is 4.35. The average molecular weight is 165 g/mol. The van der Waals surface area contributed by atoms with E-state index in [1.807, 2.05) is 0 Å². The van der Waals surface area contributed by atoms with Gasteiger partial charge in [-0.2, -0.15) is 0 Å².